The summed E-state index contributed by atoms with van der Waals surface area (Å²) in [6, 6.07) is 18.5. The van der Waals surface area contributed by atoms with Crippen LogP contribution in [0.1, 0.15) is 56.2 Å². The number of hydrogen-bond donors (Lipinski definition) is 2. The van der Waals surface area contributed by atoms with Gasteiger partial charge in [0.15, 0.2) is 0 Å². The molecule has 3 amide bonds. The molecule has 0 radical (unpaired) electrons. The third-order valence-corrected chi connectivity index (χ3v) is 7.97. The quantitative estimate of drug-likeness (QED) is 0.289. The topological polar surface area (TPSA) is 167 Å². The van der Waals surface area contributed by atoms with Gasteiger partial charge in [-0.3, -0.25) is 14.5 Å². The highest BCUT2D eigenvalue weighted by molar-refractivity contribution is 6.02. The van der Waals surface area contributed by atoms with Crippen LogP contribution in [0.5, 0.6) is 5.75 Å². The third-order valence-electron chi connectivity index (χ3n) is 7.97. The van der Waals surface area contributed by atoms with Crippen molar-refractivity contribution >= 4 is 40.5 Å². The molecule has 0 fully saturated rings. The van der Waals surface area contributed by atoms with Crippen LogP contribution in [0, 0.1) is 11.3 Å². The summed E-state index contributed by atoms with van der Waals surface area (Å²) in [5.74, 6) is -1.78. The molecule has 0 spiro atoms. The number of anilines is 1. The van der Waals surface area contributed by atoms with E-state index >= 15 is 0 Å². The number of benzene rings is 3. The predicted octanol–water partition coefficient (Wildman–Crippen LogP) is 4.65. The number of rotatable bonds is 7. The minimum absolute atomic E-state index is 0.0335. The number of amides is 3. The number of ether oxygens (including phenoxy) is 2. The van der Waals surface area contributed by atoms with Gasteiger partial charge in [-0.1, -0.05) is 30.3 Å². The molecule has 1 aliphatic heterocycles. The Balaban J connectivity index is 1.51. The fourth-order valence-corrected chi connectivity index (χ4v) is 5.34. The molecule has 1 aromatic heterocycles. The number of nitrogens with zero attached hydrogens (tertiary/aromatic N) is 5. The van der Waals surface area contributed by atoms with Crippen molar-refractivity contribution in [3.63, 3.8) is 0 Å². The Bertz CT molecular complexity index is 1960. The largest absolute Gasteiger partial charge is 0.486 e. The molecule has 3 aromatic carbocycles. The van der Waals surface area contributed by atoms with Gasteiger partial charge in [0.2, 0.25) is 5.91 Å². The van der Waals surface area contributed by atoms with E-state index in [4.69, 9.17) is 14.6 Å². The normalized spacial score (nSPS) is 16.6. The van der Waals surface area contributed by atoms with E-state index in [1.807, 2.05) is 24.3 Å². The van der Waals surface area contributed by atoms with E-state index in [-0.39, 0.29) is 17.7 Å². The lowest BCUT2D eigenvalue weighted by Gasteiger charge is -2.30. The Kier molecular flexibility index (Phi) is 9.11. The summed E-state index contributed by atoms with van der Waals surface area (Å²) in [4.78, 5) is 54.7. The lowest BCUT2D eigenvalue weighted by molar-refractivity contribution is -0.131. The molecular weight excluding hydrogens is 616 g/mol. The summed E-state index contributed by atoms with van der Waals surface area (Å²) in [6.45, 7) is 8.36. The Morgan fingerprint density at radius 3 is 2.48 bits per heavy atom. The van der Waals surface area contributed by atoms with Crippen molar-refractivity contribution in [2.24, 2.45) is 0 Å². The van der Waals surface area contributed by atoms with Crippen LogP contribution in [0.4, 0.5) is 10.5 Å². The molecule has 48 heavy (non-hydrogen) atoms. The molecule has 4 aromatic rings. The van der Waals surface area contributed by atoms with Gasteiger partial charge >= 0.3 is 12.1 Å². The molecule has 5 rings (SSSR count). The SMILES string of the molecule is CC(C(=O)N[C@@H]1C(=O)N(Cc2nn(-c3ccc(C(=O)O)cc3C#N)c3ccccc23)c2ccccc2O[C@H]1C)N(C)C(=O)OC(C)(C)C. The maximum atomic E-state index is 14.4. The molecule has 0 saturated heterocycles. The van der Waals surface area contributed by atoms with Crippen molar-refractivity contribution in [2.45, 2.75) is 65.0 Å². The number of fused-ring (bicyclic) bond motifs is 2. The monoisotopic (exact) mass is 652 g/mol. The van der Waals surface area contributed by atoms with Gasteiger partial charge in [-0.15, -0.1) is 0 Å². The first kappa shape index (κ1) is 33.5. The van der Waals surface area contributed by atoms with Crippen LogP contribution in [0.25, 0.3) is 16.6 Å². The highest BCUT2D eigenvalue weighted by Crippen LogP contribution is 2.35. The van der Waals surface area contributed by atoms with Crippen molar-refractivity contribution in [3.05, 3.63) is 83.6 Å². The number of likely N-dealkylation sites (N-methyl/N-ethyl adjacent to an activating group) is 1. The van der Waals surface area contributed by atoms with E-state index in [0.29, 0.717) is 33.7 Å². The zero-order valence-corrected chi connectivity index (χ0v) is 27.4. The standard InChI is InChI=1S/C35H36N6O7/c1-20(39(6)34(46)48-35(3,4)5)31(42)37-30-21(2)47-29-14-10-9-13-28(29)40(32(30)43)19-25-24-11-7-8-12-27(24)41(38-25)26-16-15-22(33(44)45)17-23(26)18-36/h7-17,20-21,30H,19H2,1-6H3,(H,37,42)(H,44,45)/t20?,21-,30-/m0/s1. The van der Waals surface area contributed by atoms with Crippen LogP contribution in [-0.2, 0) is 20.9 Å². The number of carbonyl (C=O) groups is 4. The lowest BCUT2D eigenvalue weighted by atomic mass is 10.1. The smallest absolute Gasteiger partial charge is 0.410 e. The maximum absolute atomic E-state index is 14.4. The van der Waals surface area contributed by atoms with Gasteiger partial charge in [-0.05, 0) is 71.0 Å². The Hall–Kier alpha value is -5.90. The van der Waals surface area contributed by atoms with Gasteiger partial charge in [0.05, 0.1) is 40.3 Å². The second-order valence-corrected chi connectivity index (χ2v) is 12.5. The summed E-state index contributed by atoms with van der Waals surface area (Å²) in [6.07, 6.45) is -1.47. The number of aromatic carboxylic acids is 1. The van der Waals surface area contributed by atoms with Crippen LogP contribution in [0.15, 0.2) is 66.7 Å². The van der Waals surface area contributed by atoms with Gasteiger partial charge in [0.25, 0.3) is 5.91 Å². The molecule has 2 N–H and O–H groups in total. The molecule has 3 atom stereocenters. The number of para-hydroxylation sites is 3. The number of nitriles is 1. The second kappa shape index (κ2) is 13.1. The first-order valence-electron chi connectivity index (χ1n) is 15.3. The van der Waals surface area contributed by atoms with Crippen LogP contribution < -0.4 is 15.0 Å². The molecule has 248 valence electrons. The van der Waals surface area contributed by atoms with Crippen molar-refractivity contribution in [1.29, 1.82) is 5.26 Å². The van der Waals surface area contributed by atoms with Crippen molar-refractivity contribution in [3.8, 4) is 17.5 Å². The predicted molar refractivity (Wildman–Crippen MR) is 176 cm³/mol. The number of carbonyl (C=O) groups excluding carboxylic acids is 3. The first-order valence-corrected chi connectivity index (χ1v) is 15.3. The lowest BCUT2D eigenvalue weighted by Crippen LogP contribution is -2.57. The zero-order valence-electron chi connectivity index (χ0n) is 27.4. The minimum Gasteiger partial charge on any atom is -0.486 e. The van der Waals surface area contributed by atoms with Crippen molar-refractivity contribution < 1.29 is 33.8 Å². The molecule has 0 bridgehead atoms. The summed E-state index contributed by atoms with van der Waals surface area (Å²) < 4.78 is 13.1. The van der Waals surface area contributed by atoms with E-state index < -0.39 is 47.7 Å². The van der Waals surface area contributed by atoms with Crippen LogP contribution in [0.3, 0.4) is 0 Å². The Morgan fingerprint density at radius 1 is 1.10 bits per heavy atom. The Labute approximate surface area is 277 Å². The number of carboxylic acids is 1. The minimum atomic E-state index is -1.16. The van der Waals surface area contributed by atoms with Gasteiger partial charge in [0.1, 0.15) is 35.6 Å². The van der Waals surface area contributed by atoms with Gasteiger partial charge < -0.3 is 24.8 Å². The van der Waals surface area contributed by atoms with E-state index in [9.17, 15) is 29.5 Å². The summed E-state index contributed by atoms with van der Waals surface area (Å²) >= 11 is 0. The molecule has 13 heteroatoms. The van der Waals surface area contributed by atoms with Crippen LogP contribution in [-0.4, -0.2) is 74.5 Å². The summed E-state index contributed by atoms with van der Waals surface area (Å²) in [5.41, 5.74) is 1.27. The number of hydrogen-bond acceptors (Lipinski definition) is 8. The molecule has 13 nitrogen and oxygen atoms in total. The van der Waals surface area contributed by atoms with E-state index in [2.05, 4.69) is 11.4 Å². The van der Waals surface area contributed by atoms with E-state index in [1.165, 1.54) is 37.1 Å². The second-order valence-electron chi connectivity index (χ2n) is 12.5. The van der Waals surface area contributed by atoms with E-state index in [0.717, 1.165) is 4.90 Å². The van der Waals surface area contributed by atoms with Crippen molar-refractivity contribution in [1.82, 2.24) is 20.0 Å². The first-order chi connectivity index (χ1) is 22.7. The van der Waals surface area contributed by atoms with Gasteiger partial charge in [0, 0.05) is 12.4 Å². The summed E-state index contributed by atoms with van der Waals surface area (Å²) in [7, 11) is 1.45. The average molecular weight is 653 g/mol. The molecule has 1 unspecified atom stereocenters. The van der Waals surface area contributed by atoms with Gasteiger partial charge in [-0.2, -0.15) is 10.4 Å². The van der Waals surface area contributed by atoms with Crippen LogP contribution in [0.2, 0.25) is 0 Å². The average Bonchev–Trinajstić information content (AvgIpc) is 3.37. The highest BCUT2D eigenvalue weighted by atomic mass is 16.6. The third kappa shape index (κ3) is 6.64. The number of nitrogens with one attached hydrogen (secondary N) is 1. The maximum Gasteiger partial charge on any atom is 0.410 e. The summed E-state index contributed by atoms with van der Waals surface area (Å²) in [5, 5.41) is 27.6. The fraction of sp³-hybridized carbons (Fsp3) is 0.314. The molecule has 0 aliphatic carbocycles. The molecule has 2 heterocycles. The molecular formula is C35H36N6O7. The zero-order chi connectivity index (χ0) is 34.9. The van der Waals surface area contributed by atoms with Crippen molar-refractivity contribution in [2.75, 3.05) is 11.9 Å². The number of carboxylic acid groups (broad SMARTS) is 1. The van der Waals surface area contributed by atoms with E-state index in [1.54, 1.807) is 56.6 Å². The fourth-order valence-electron chi connectivity index (χ4n) is 5.34. The molecule has 0 saturated carbocycles. The van der Waals surface area contributed by atoms with Gasteiger partial charge in [-0.25, -0.2) is 14.3 Å². The number of aromatic nitrogens is 2. The highest BCUT2D eigenvalue weighted by Gasteiger charge is 2.39. The Morgan fingerprint density at radius 2 is 1.79 bits per heavy atom. The molecule has 1 aliphatic rings. The van der Waals surface area contributed by atoms with Crippen LogP contribution >= 0.6 is 0 Å².